The Kier molecular flexibility index (Phi) is 5.71. The van der Waals surface area contributed by atoms with E-state index < -0.39 is 21.8 Å². The predicted molar refractivity (Wildman–Crippen MR) is 108 cm³/mol. The normalized spacial score (nSPS) is 16.8. The molecule has 0 N–H and O–H groups in total. The van der Waals surface area contributed by atoms with Crippen LogP contribution in [0.1, 0.15) is 31.9 Å². The smallest absolute Gasteiger partial charge is 0.368 e. The molecule has 2 aromatic carbocycles. The largest absolute Gasteiger partial charge is 0.418 e. The molecular weight excluding hydrogens is 401 g/mol. The monoisotopic (exact) mass is 426 g/mol. The predicted octanol–water partition coefficient (Wildman–Crippen LogP) is 4.51. The van der Waals surface area contributed by atoms with E-state index >= 15 is 0 Å². The third-order valence-electron chi connectivity index (χ3n) is 5.15. The molecular formula is C21H25F3N2O2S. The number of para-hydroxylation sites is 1. The number of alkyl halides is 3. The topological polar surface area (TPSA) is 40.6 Å². The van der Waals surface area contributed by atoms with Gasteiger partial charge in [-0.15, -0.1) is 0 Å². The lowest BCUT2D eigenvalue weighted by Gasteiger charge is -2.36. The van der Waals surface area contributed by atoms with Gasteiger partial charge in [0.1, 0.15) is 0 Å². The summed E-state index contributed by atoms with van der Waals surface area (Å²) in [5.41, 5.74) is 0.338. The zero-order chi connectivity index (χ0) is 21.4. The molecule has 0 bridgehead atoms. The zero-order valence-corrected chi connectivity index (χ0v) is 17.5. The molecule has 1 saturated heterocycles. The second kappa shape index (κ2) is 7.65. The molecule has 0 atom stereocenters. The van der Waals surface area contributed by atoms with Crippen LogP contribution in [0.3, 0.4) is 0 Å². The Morgan fingerprint density at radius 3 is 1.90 bits per heavy atom. The van der Waals surface area contributed by atoms with Gasteiger partial charge in [0.25, 0.3) is 0 Å². The second-order valence-electron chi connectivity index (χ2n) is 8.18. The zero-order valence-electron chi connectivity index (χ0n) is 16.7. The van der Waals surface area contributed by atoms with Crippen LogP contribution < -0.4 is 4.90 Å². The minimum atomic E-state index is -4.45. The molecule has 1 aliphatic heterocycles. The van der Waals surface area contributed by atoms with Crippen molar-refractivity contribution in [3.05, 3.63) is 59.7 Å². The Morgan fingerprint density at radius 2 is 1.38 bits per heavy atom. The fraction of sp³-hybridized carbons (Fsp3) is 0.429. The summed E-state index contributed by atoms with van der Waals surface area (Å²) >= 11 is 0. The van der Waals surface area contributed by atoms with E-state index in [2.05, 4.69) is 20.8 Å². The first kappa shape index (κ1) is 21.6. The van der Waals surface area contributed by atoms with Gasteiger partial charge in [0.05, 0.1) is 10.5 Å². The van der Waals surface area contributed by atoms with E-state index in [1.807, 2.05) is 12.1 Å². The van der Waals surface area contributed by atoms with Crippen molar-refractivity contribution in [1.82, 2.24) is 4.31 Å². The maximum Gasteiger partial charge on any atom is 0.418 e. The molecule has 1 heterocycles. The highest BCUT2D eigenvalue weighted by Crippen LogP contribution is 2.37. The minimum absolute atomic E-state index is 0.0835. The van der Waals surface area contributed by atoms with Crippen LogP contribution in [-0.2, 0) is 21.6 Å². The summed E-state index contributed by atoms with van der Waals surface area (Å²) in [6, 6.07) is 12.2. The molecule has 1 aliphatic rings. The summed E-state index contributed by atoms with van der Waals surface area (Å²) in [4.78, 5) is 1.80. The summed E-state index contributed by atoms with van der Waals surface area (Å²) in [6.07, 6.45) is -4.45. The summed E-state index contributed by atoms with van der Waals surface area (Å²) < 4.78 is 67.1. The van der Waals surface area contributed by atoms with E-state index in [0.717, 1.165) is 11.6 Å². The molecule has 0 saturated carbocycles. The minimum Gasteiger partial charge on any atom is -0.368 e. The number of halogens is 3. The molecule has 2 aromatic rings. The molecule has 0 aromatic heterocycles. The van der Waals surface area contributed by atoms with E-state index in [9.17, 15) is 21.6 Å². The molecule has 158 valence electrons. The first-order valence-corrected chi connectivity index (χ1v) is 10.9. The SMILES string of the molecule is CC(C)(C)c1ccc(S(=O)(=O)N2CCN(c3ccccc3C(F)(F)F)CC2)cc1. The molecule has 0 radical (unpaired) electrons. The summed E-state index contributed by atoms with van der Waals surface area (Å²) in [5.74, 6) is 0. The van der Waals surface area contributed by atoms with Crippen molar-refractivity contribution in [2.24, 2.45) is 0 Å². The molecule has 0 spiro atoms. The molecule has 0 amide bonds. The van der Waals surface area contributed by atoms with Crippen molar-refractivity contribution in [2.45, 2.75) is 37.3 Å². The highest BCUT2D eigenvalue weighted by molar-refractivity contribution is 7.89. The van der Waals surface area contributed by atoms with E-state index in [0.29, 0.717) is 0 Å². The van der Waals surface area contributed by atoms with Gasteiger partial charge in [-0.2, -0.15) is 17.5 Å². The number of sulfonamides is 1. The Hall–Kier alpha value is -2.06. The van der Waals surface area contributed by atoms with Crippen LogP contribution in [-0.4, -0.2) is 38.9 Å². The van der Waals surface area contributed by atoms with Crippen LogP contribution in [0.4, 0.5) is 18.9 Å². The number of hydrogen-bond acceptors (Lipinski definition) is 3. The summed E-state index contributed by atoms with van der Waals surface area (Å²) in [6.45, 7) is 6.82. The summed E-state index contributed by atoms with van der Waals surface area (Å²) in [5, 5.41) is 0. The Bertz CT molecular complexity index is 957. The number of anilines is 1. The molecule has 1 fully saturated rings. The lowest BCUT2D eigenvalue weighted by molar-refractivity contribution is -0.137. The third kappa shape index (κ3) is 4.59. The lowest BCUT2D eigenvalue weighted by atomic mass is 9.87. The van der Waals surface area contributed by atoms with E-state index in [1.165, 1.54) is 16.4 Å². The van der Waals surface area contributed by atoms with Gasteiger partial charge < -0.3 is 4.90 Å². The number of rotatable bonds is 3. The second-order valence-corrected chi connectivity index (χ2v) is 10.1. The van der Waals surface area contributed by atoms with Crippen LogP contribution in [0.2, 0.25) is 0 Å². The number of piperazine rings is 1. The van der Waals surface area contributed by atoms with E-state index in [1.54, 1.807) is 23.1 Å². The summed E-state index contributed by atoms with van der Waals surface area (Å²) in [7, 11) is -3.68. The highest BCUT2D eigenvalue weighted by Gasteiger charge is 2.36. The van der Waals surface area contributed by atoms with Gasteiger partial charge in [-0.25, -0.2) is 8.42 Å². The van der Waals surface area contributed by atoms with Crippen LogP contribution >= 0.6 is 0 Å². The van der Waals surface area contributed by atoms with Crippen molar-refractivity contribution < 1.29 is 21.6 Å². The number of nitrogens with zero attached hydrogens (tertiary/aromatic N) is 2. The van der Waals surface area contributed by atoms with Crippen molar-refractivity contribution >= 4 is 15.7 Å². The van der Waals surface area contributed by atoms with Crippen molar-refractivity contribution in [1.29, 1.82) is 0 Å². The molecule has 3 rings (SSSR count). The van der Waals surface area contributed by atoms with Gasteiger partial charge in [-0.1, -0.05) is 45.0 Å². The van der Waals surface area contributed by atoms with Gasteiger partial charge >= 0.3 is 6.18 Å². The Balaban J connectivity index is 1.76. The first-order valence-electron chi connectivity index (χ1n) is 9.42. The molecule has 0 unspecified atom stereocenters. The maximum absolute atomic E-state index is 13.3. The molecule has 0 aliphatic carbocycles. The lowest BCUT2D eigenvalue weighted by Crippen LogP contribution is -2.49. The van der Waals surface area contributed by atoms with Crippen molar-refractivity contribution in [3.63, 3.8) is 0 Å². The Labute approximate surface area is 170 Å². The highest BCUT2D eigenvalue weighted by atomic mass is 32.2. The fourth-order valence-electron chi connectivity index (χ4n) is 3.43. The molecule has 4 nitrogen and oxygen atoms in total. The van der Waals surface area contributed by atoms with Crippen LogP contribution in [0.5, 0.6) is 0 Å². The van der Waals surface area contributed by atoms with E-state index in [-0.39, 0.29) is 42.2 Å². The third-order valence-corrected chi connectivity index (χ3v) is 7.06. The standard InChI is InChI=1S/C21H25F3N2O2S/c1-20(2,3)16-8-10-17(11-9-16)29(27,28)26-14-12-25(13-15-26)19-7-5-4-6-18(19)21(22,23)24/h4-11H,12-15H2,1-3H3. The number of benzene rings is 2. The molecule has 29 heavy (non-hydrogen) atoms. The van der Waals surface area contributed by atoms with Gasteiger partial charge in [-0.3, -0.25) is 0 Å². The van der Waals surface area contributed by atoms with Crippen molar-refractivity contribution in [3.8, 4) is 0 Å². The van der Waals surface area contributed by atoms with Gasteiger partial charge in [0, 0.05) is 31.9 Å². The first-order chi connectivity index (χ1) is 13.4. The van der Waals surface area contributed by atoms with Gasteiger partial charge in [0.15, 0.2) is 0 Å². The maximum atomic E-state index is 13.3. The quantitative estimate of drug-likeness (QED) is 0.725. The van der Waals surface area contributed by atoms with Crippen molar-refractivity contribution in [2.75, 3.05) is 31.1 Å². The van der Waals surface area contributed by atoms with Crippen LogP contribution in [0.25, 0.3) is 0 Å². The van der Waals surface area contributed by atoms with E-state index in [4.69, 9.17) is 0 Å². The fourth-order valence-corrected chi connectivity index (χ4v) is 4.86. The Morgan fingerprint density at radius 1 is 0.828 bits per heavy atom. The number of hydrogen-bond donors (Lipinski definition) is 0. The average molecular weight is 427 g/mol. The van der Waals surface area contributed by atoms with Crippen LogP contribution in [0, 0.1) is 0 Å². The van der Waals surface area contributed by atoms with Gasteiger partial charge in [-0.05, 0) is 35.2 Å². The molecule has 8 heteroatoms. The average Bonchev–Trinajstić information content (AvgIpc) is 2.67. The van der Waals surface area contributed by atoms with Gasteiger partial charge in [0.2, 0.25) is 10.0 Å². The van der Waals surface area contributed by atoms with Crippen LogP contribution in [0.15, 0.2) is 53.4 Å².